The van der Waals surface area contributed by atoms with Crippen molar-refractivity contribution in [1.82, 2.24) is 29.3 Å². The van der Waals surface area contributed by atoms with Gasteiger partial charge in [-0.3, -0.25) is 9.59 Å². The molecule has 29 heavy (non-hydrogen) atoms. The summed E-state index contributed by atoms with van der Waals surface area (Å²) in [5.41, 5.74) is 2.84. The molecule has 0 aromatic carbocycles. The largest absolute Gasteiger partial charge is 0.341 e. The van der Waals surface area contributed by atoms with E-state index in [0.717, 1.165) is 12.1 Å². The Morgan fingerprint density at radius 3 is 2.83 bits per heavy atom. The number of aryl methyl sites for hydroxylation is 2. The Morgan fingerprint density at radius 1 is 1.24 bits per heavy atom. The summed E-state index contributed by atoms with van der Waals surface area (Å²) >= 11 is 0. The third-order valence-corrected chi connectivity index (χ3v) is 6.08. The Hall–Kier alpha value is -3.23. The summed E-state index contributed by atoms with van der Waals surface area (Å²) in [6, 6.07) is 3.88. The Labute approximate surface area is 166 Å². The van der Waals surface area contributed by atoms with Gasteiger partial charge in [0.1, 0.15) is 17.2 Å². The normalized spacial score (nSPS) is 20.6. The zero-order valence-corrected chi connectivity index (χ0v) is 16.4. The number of imidazole rings is 1. The van der Waals surface area contributed by atoms with Gasteiger partial charge < -0.3 is 14.0 Å². The molecule has 0 saturated carbocycles. The molecule has 5 heterocycles. The second kappa shape index (κ2) is 6.68. The number of carbonyl (C=O) groups excluding carboxylic acids is 1. The van der Waals surface area contributed by atoms with Crippen molar-refractivity contribution in [3.8, 4) is 11.4 Å². The van der Waals surface area contributed by atoms with Gasteiger partial charge in [-0.15, -0.1) is 0 Å². The number of amides is 1. The summed E-state index contributed by atoms with van der Waals surface area (Å²) in [6.45, 7) is 3.67. The average molecular weight is 394 g/mol. The maximum atomic E-state index is 13.2. The smallest absolute Gasteiger partial charge is 0.261 e. The fraction of sp³-hybridized carbons (Fsp3) is 0.450. The number of carbonyl (C=O) groups is 1. The lowest BCUT2D eigenvalue weighted by atomic mass is 9.82. The van der Waals surface area contributed by atoms with Crippen LogP contribution in [0.5, 0.6) is 0 Å². The number of rotatable bonds is 3. The molecule has 1 saturated heterocycles. The highest BCUT2D eigenvalue weighted by Crippen LogP contribution is 2.35. The minimum Gasteiger partial charge on any atom is -0.341 e. The van der Waals surface area contributed by atoms with Crippen LogP contribution in [0, 0.1) is 12.8 Å². The van der Waals surface area contributed by atoms with Gasteiger partial charge in [0, 0.05) is 50.7 Å². The molecule has 3 aromatic heterocycles. The molecule has 1 fully saturated rings. The average Bonchev–Trinajstić information content (AvgIpc) is 3.31. The number of piperidine rings is 1. The number of fused-ring (bicyclic) bond motifs is 4. The highest BCUT2D eigenvalue weighted by Gasteiger charge is 2.37. The first kappa shape index (κ1) is 17.8. The Kier molecular flexibility index (Phi) is 4.11. The van der Waals surface area contributed by atoms with Gasteiger partial charge in [-0.2, -0.15) is 0 Å². The summed E-state index contributed by atoms with van der Waals surface area (Å²) in [5, 5.41) is 7.57. The van der Waals surface area contributed by atoms with Crippen LogP contribution in [0.25, 0.3) is 11.4 Å². The van der Waals surface area contributed by atoms with E-state index in [9.17, 15) is 9.59 Å². The predicted molar refractivity (Wildman–Crippen MR) is 103 cm³/mol. The topological polar surface area (TPSA) is 99.1 Å². The Morgan fingerprint density at radius 2 is 2.10 bits per heavy atom. The molecule has 0 aliphatic carbocycles. The third-order valence-electron chi connectivity index (χ3n) is 6.08. The van der Waals surface area contributed by atoms with Crippen LogP contribution in [0.3, 0.4) is 0 Å². The molecular weight excluding hydrogens is 372 g/mol. The van der Waals surface area contributed by atoms with Crippen LogP contribution in [-0.2, 0) is 24.8 Å². The van der Waals surface area contributed by atoms with Crippen molar-refractivity contribution in [3.05, 3.63) is 52.0 Å². The number of nitrogens with zero attached hydrogens (tertiary/aromatic N) is 6. The number of hydrogen-bond acceptors (Lipinski definition) is 6. The molecule has 0 N–H and O–H groups in total. The monoisotopic (exact) mass is 394 g/mol. The summed E-state index contributed by atoms with van der Waals surface area (Å²) in [7, 11) is 1.89. The minimum atomic E-state index is -0.00410. The van der Waals surface area contributed by atoms with Crippen LogP contribution in [0.4, 0.5) is 0 Å². The lowest BCUT2D eigenvalue weighted by Crippen LogP contribution is -2.49. The molecule has 9 nitrogen and oxygen atoms in total. The van der Waals surface area contributed by atoms with E-state index >= 15 is 0 Å². The molecule has 150 valence electrons. The van der Waals surface area contributed by atoms with Crippen LogP contribution in [0.2, 0.25) is 0 Å². The van der Waals surface area contributed by atoms with E-state index in [0.29, 0.717) is 42.4 Å². The lowest BCUT2D eigenvalue weighted by molar-refractivity contribution is -0.133. The van der Waals surface area contributed by atoms with E-state index in [1.54, 1.807) is 13.1 Å². The van der Waals surface area contributed by atoms with Gasteiger partial charge in [0.15, 0.2) is 0 Å². The summed E-state index contributed by atoms with van der Waals surface area (Å²) in [6.07, 6.45) is 4.72. The van der Waals surface area contributed by atoms with E-state index in [4.69, 9.17) is 4.63 Å². The zero-order chi connectivity index (χ0) is 20.1. The van der Waals surface area contributed by atoms with Gasteiger partial charge >= 0.3 is 0 Å². The molecule has 0 unspecified atom stereocenters. The van der Waals surface area contributed by atoms with Crippen LogP contribution in [-0.4, -0.2) is 48.3 Å². The fourth-order valence-corrected chi connectivity index (χ4v) is 4.61. The summed E-state index contributed by atoms with van der Waals surface area (Å²) in [5.74, 6) is 1.12. The van der Waals surface area contributed by atoms with Crippen LogP contribution >= 0.6 is 0 Å². The molecule has 2 atom stereocenters. The van der Waals surface area contributed by atoms with Gasteiger partial charge in [0.2, 0.25) is 5.91 Å². The fourth-order valence-electron chi connectivity index (χ4n) is 4.61. The number of pyridine rings is 1. The molecule has 5 rings (SSSR count). The Balaban J connectivity index is 1.42. The van der Waals surface area contributed by atoms with E-state index < -0.39 is 0 Å². The first-order valence-electron chi connectivity index (χ1n) is 9.78. The van der Waals surface area contributed by atoms with Crippen LogP contribution in [0.1, 0.15) is 29.4 Å². The lowest BCUT2D eigenvalue weighted by Gasteiger charge is -2.42. The molecule has 3 aromatic rings. The maximum absolute atomic E-state index is 13.2. The number of aromatic nitrogens is 5. The van der Waals surface area contributed by atoms with Crippen molar-refractivity contribution in [2.75, 3.05) is 13.1 Å². The van der Waals surface area contributed by atoms with Crippen molar-refractivity contribution < 1.29 is 9.42 Å². The second-order valence-corrected chi connectivity index (χ2v) is 8.02. The highest BCUT2D eigenvalue weighted by molar-refractivity contribution is 5.78. The zero-order valence-electron chi connectivity index (χ0n) is 16.4. The van der Waals surface area contributed by atoms with Gasteiger partial charge in [-0.1, -0.05) is 10.3 Å². The molecule has 2 aliphatic heterocycles. The van der Waals surface area contributed by atoms with Gasteiger partial charge in [0.05, 0.1) is 12.0 Å². The third kappa shape index (κ3) is 2.97. The molecular formula is C20H22N6O3. The van der Waals surface area contributed by atoms with Crippen molar-refractivity contribution in [1.29, 1.82) is 0 Å². The number of likely N-dealkylation sites (tertiary alicyclic amines) is 1. The van der Waals surface area contributed by atoms with Crippen LogP contribution < -0.4 is 5.56 Å². The van der Waals surface area contributed by atoms with Gasteiger partial charge in [-0.25, -0.2) is 9.61 Å². The van der Waals surface area contributed by atoms with E-state index in [1.807, 2.05) is 39.4 Å². The van der Waals surface area contributed by atoms with E-state index in [1.165, 1.54) is 0 Å². The molecule has 2 aliphatic rings. The van der Waals surface area contributed by atoms with E-state index in [-0.39, 0.29) is 29.7 Å². The summed E-state index contributed by atoms with van der Waals surface area (Å²) in [4.78, 5) is 32.2. The molecule has 9 heteroatoms. The molecule has 0 radical (unpaired) electrons. The standard InChI is InChI=1S/C20H22N6O3/c1-12-16(23-29-22-12)8-18(27)25-9-13-7-14(11-25)17-4-3-15(20(28)26(17)10-13)19-21-5-6-24(19)2/h3-6,13-14H,7-11H2,1-2H3/t13-,14+/m0/s1. The van der Waals surface area contributed by atoms with Crippen LogP contribution in [0.15, 0.2) is 33.9 Å². The SMILES string of the molecule is Cc1nonc1CC(=O)N1C[C@@H]2C[C@H](C1)c1ccc(-c3nccn3C)c(=O)n1C2. The first-order chi connectivity index (χ1) is 14.0. The van der Waals surface area contributed by atoms with Gasteiger partial charge in [-0.05, 0) is 31.4 Å². The second-order valence-electron chi connectivity index (χ2n) is 8.02. The van der Waals surface area contributed by atoms with Gasteiger partial charge in [0.25, 0.3) is 5.56 Å². The number of hydrogen-bond donors (Lipinski definition) is 0. The molecule has 0 spiro atoms. The van der Waals surface area contributed by atoms with Crippen molar-refractivity contribution in [3.63, 3.8) is 0 Å². The van der Waals surface area contributed by atoms with Crippen molar-refractivity contribution >= 4 is 5.91 Å². The molecule has 2 bridgehead atoms. The van der Waals surface area contributed by atoms with Crippen molar-refractivity contribution in [2.24, 2.45) is 13.0 Å². The maximum Gasteiger partial charge on any atom is 0.261 e. The highest BCUT2D eigenvalue weighted by atomic mass is 16.6. The Bertz CT molecular complexity index is 1140. The molecule has 1 amide bonds. The minimum absolute atomic E-state index is 0.00410. The first-order valence-corrected chi connectivity index (χ1v) is 9.78. The quantitative estimate of drug-likeness (QED) is 0.660. The predicted octanol–water partition coefficient (Wildman–Crippen LogP) is 1.13. The summed E-state index contributed by atoms with van der Waals surface area (Å²) < 4.78 is 8.44. The van der Waals surface area contributed by atoms with Crippen molar-refractivity contribution in [2.45, 2.75) is 32.2 Å². The van der Waals surface area contributed by atoms with E-state index in [2.05, 4.69) is 15.3 Å².